The largest absolute Gasteiger partial charge is 0.493 e. The second-order valence-electron chi connectivity index (χ2n) is 6.06. The van der Waals surface area contributed by atoms with Gasteiger partial charge in [-0.15, -0.1) is 0 Å². The lowest BCUT2D eigenvalue weighted by Crippen LogP contribution is -2.26. The van der Waals surface area contributed by atoms with Gasteiger partial charge in [0.1, 0.15) is 5.75 Å². The predicted octanol–water partition coefficient (Wildman–Crippen LogP) is 3.19. The van der Waals surface area contributed by atoms with Crippen molar-refractivity contribution < 1.29 is 9.26 Å². The molecule has 0 fully saturated rings. The zero-order valence-corrected chi connectivity index (χ0v) is 12.0. The van der Waals surface area contributed by atoms with Gasteiger partial charge in [-0.05, 0) is 33.3 Å². The third-order valence-electron chi connectivity index (χ3n) is 3.19. The molecular formula is C15H19N3O2. The number of benzene rings is 1. The van der Waals surface area contributed by atoms with Crippen molar-refractivity contribution in [3.63, 3.8) is 0 Å². The first kappa shape index (κ1) is 13.0. The molecule has 20 heavy (non-hydrogen) atoms. The first-order chi connectivity index (χ1) is 9.53. The molecule has 1 aromatic carbocycles. The van der Waals surface area contributed by atoms with Crippen LogP contribution in [0, 0.1) is 0 Å². The van der Waals surface area contributed by atoms with Gasteiger partial charge in [-0.3, -0.25) is 0 Å². The monoisotopic (exact) mass is 273 g/mol. The number of anilines is 1. The van der Waals surface area contributed by atoms with Crippen LogP contribution in [0.15, 0.2) is 28.8 Å². The van der Waals surface area contributed by atoms with Crippen molar-refractivity contribution in [2.75, 3.05) is 11.9 Å². The zero-order chi connectivity index (χ0) is 14.2. The number of rotatable bonds is 2. The van der Waals surface area contributed by atoms with Crippen molar-refractivity contribution >= 4 is 6.01 Å². The van der Waals surface area contributed by atoms with E-state index in [0.717, 1.165) is 17.7 Å². The minimum Gasteiger partial charge on any atom is -0.493 e. The van der Waals surface area contributed by atoms with Crippen molar-refractivity contribution in [3.8, 4) is 5.75 Å². The van der Waals surface area contributed by atoms with E-state index in [1.807, 2.05) is 18.2 Å². The van der Waals surface area contributed by atoms with E-state index in [0.29, 0.717) is 18.4 Å². The molecule has 1 aliphatic heterocycles. The minimum atomic E-state index is -0.0998. The lowest BCUT2D eigenvalue weighted by Gasteiger charge is -2.23. The first-order valence-electron chi connectivity index (χ1n) is 6.86. The molecule has 1 aromatic heterocycles. The van der Waals surface area contributed by atoms with E-state index in [-0.39, 0.29) is 11.5 Å². The number of para-hydroxylation sites is 1. The topological polar surface area (TPSA) is 60.2 Å². The average Bonchev–Trinajstić information content (AvgIpc) is 2.84. The van der Waals surface area contributed by atoms with E-state index in [9.17, 15) is 0 Å². The molecule has 0 saturated heterocycles. The highest BCUT2D eigenvalue weighted by atomic mass is 16.5. The Morgan fingerprint density at radius 3 is 2.85 bits per heavy atom. The molecule has 5 nitrogen and oxygen atoms in total. The van der Waals surface area contributed by atoms with Gasteiger partial charge in [-0.2, -0.15) is 4.98 Å². The fourth-order valence-corrected chi connectivity index (χ4v) is 2.36. The van der Waals surface area contributed by atoms with E-state index in [1.54, 1.807) is 0 Å². The summed E-state index contributed by atoms with van der Waals surface area (Å²) < 4.78 is 11.0. The van der Waals surface area contributed by atoms with Gasteiger partial charge in [-0.1, -0.05) is 23.4 Å². The maximum absolute atomic E-state index is 5.66. The summed E-state index contributed by atoms with van der Waals surface area (Å²) in [6, 6.07) is 8.50. The molecule has 0 saturated carbocycles. The van der Waals surface area contributed by atoms with E-state index in [4.69, 9.17) is 9.26 Å². The molecule has 0 bridgehead atoms. The molecule has 0 aliphatic carbocycles. The van der Waals surface area contributed by atoms with Gasteiger partial charge in [-0.25, -0.2) is 0 Å². The van der Waals surface area contributed by atoms with Crippen LogP contribution >= 0.6 is 0 Å². The van der Waals surface area contributed by atoms with Gasteiger partial charge in [0.05, 0.1) is 12.5 Å². The standard InChI is InChI=1S/C15H19N3O2/c1-15(2,3)17-14-16-13(18-20-14)11-8-9-19-12-7-5-4-6-10(11)12/h4-7,11H,8-9H2,1-3H3,(H,16,17,18). The lowest BCUT2D eigenvalue weighted by molar-refractivity contribution is 0.272. The number of nitrogens with one attached hydrogen (secondary N) is 1. The molecule has 1 atom stereocenters. The summed E-state index contributed by atoms with van der Waals surface area (Å²) in [6.45, 7) is 6.85. The van der Waals surface area contributed by atoms with E-state index < -0.39 is 0 Å². The Morgan fingerprint density at radius 1 is 1.25 bits per heavy atom. The molecule has 5 heteroatoms. The molecule has 0 spiro atoms. The van der Waals surface area contributed by atoms with Gasteiger partial charge < -0.3 is 14.6 Å². The Kier molecular flexibility index (Phi) is 3.12. The molecule has 2 aromatic rings. The van der Waals surface area contributed by atoms with Crippen LogP contribution in [0.3, 0.4) is 0 Å². The van der Waals surface area contributed by atoms with Crippen molar-refractivity contribution in [2.24, 2.45) is 0 Å². The molecule has 3 rings (SSSR count). The Morgan fingerprint density at radius 2 is 2.05 bits per heavy atom. The normalized spacial score (nSPS) is 18.2. The Hall–Kier alpha value is -2.04. The predicted molar refractivity (Wildman–Crippen MR) is 76.1 cm³/mol. The summed E-state index contributed by atoms with van der Waals surface area (Å²) in [5.41, 5.74) is 1.03. The molecule has 0 radical (unpaired) electrons. The molecule has 106 valence electrons. The fourth-order valence-electron chi connectivity index (χ4n) is 2.36. The second-order valence-corrected chi connectivity index (χ2v) is 6.06. The lowest BCUT2D eigenvalue weighted by atomic mass is 9.92. The maximum atomic E-state index is 5.66. The first-order valence-corrected chi connectivity index (χ1v) is 6.86. The van der Waals surface area contributed by atoms with Crippen LogP contribution < -0.4 is 10.1 Å². The van der Waals surface area contributed by atoms with E-state index in [1.165, 1.54) is 0 Å². The van der Waals surface area contributed by atoms with Crippen molar-refractivity contribution in [1.29, 1.82) is 0 Å². The highest BCUT2D eigenvalue weighted by Gasteiger charge is 2.27. The average molecular weight is 273 g/mol. The fraction of sp³-hybridized carbons (Fsp3) is 0.467. The summed E-state index contributed by atoms with van der Waals surface area (Å²) in [7, 11) is 0. The summed E-state index contributed by atoms with van der Waals surface area (Å²) in [5, 5.41) is 7.31. The number of fused-ring (bicyclic) bond motifs is 1. The van der Waals surface area contributed by atoms with E-state index in [2.05, 4.69) is 42.3 Å². The maximum Gasteiger partial charge on any atom is 0.321 e. The van der Waals surface area contributed by atoms with Crippen molar-refractivity contribution in [2.45, 2.75) is 38.6 Å². The smallest absolute Gasteiger partial charge is 0.321 e. The van der Waals surface area contributed by atoms with Gasteiger partial charge in [0, 0.05) is 11.1 Å². The van der Waals surface area contributed by atoms with Gasteiger partial charge >= 0.3 is 6.01 Å². The van der Waals surface area contributed by atoms with Gasteiger partial charge in [0.25, 0.3) is 0 Å². The molecule has 1 aliphatic rings. The van der Waals surface area contributed by atoms with Crippen LogP contribution in [0.5, 0.6) is 5.75 Å². The van der Waals surface area contributed by atoms with Gasteiger partial charge in [0.15, 0.2) is 5.82 Å². The summed E-state index contributed by atoms with van der Waals surface area (Å²) >= 11 is 0. The van der Waals surface area contributed by atoms with Crippen LogP contribution in [0.2, 0.25) is 0 Å². The Labute approximate surface area is 118 Å². The number of hydrogen-bond donors (Lipinski definition) is 1. The Balaban J connectivity index is 1.88. The van der Waals surface area contributed by atoms with Crippen LogP contribution in [-0.2, 0) is 0 Å². The number of ether oxygens (including phenoxy) is 1. The second kappa shape index (κ2) is 4.81. The zero-order valence-electron chi connectivity index (χ0n) is 12.0. The van der Waals surface area contributed by atoms with E-state index >= 15 is 0 Å². The highest BCUT2D eigenvalue weighted by molar-refractivity contribution is 5.41. The van der Waals surface area contributed by atoms with Crippen LogP contribution in [0.1, 0.15) is 44.5 Å². The third kappa shape index (κ3) is 2.61. The summed E-state index contributed by atoms with van der Waals surface area (Å²) in [6.07, 6.45) is 0.867. The van der Waals surface area contributed by atoms with Crippen LogP contribution in [0.25, 0.3) is 0 Å². The number of hydrogen-bond acceptors (Lipinski definition) is 5. The highest BCUT2D eigenvalue weighted by Crippen LogP contribution is 2.36. The van der Waals surface area contributed by atoms with Crippen LogP contribution in [0.4, 0.5) is 6.01 Å². The van der Waals surface area contributed by atoms with Crippen LogP contribution in [-0.4, -0.2) is 22.3 Å². The molecule has 0 amide bonds. The number of nitrogens with zero attached hydrogens (tertiary/aromatic N) is 2. The Bertz CT molecular complexity index is 601. The summed E-state index contributed by atoms with van der Waals surface area (Å²) in [4.78, 5) is 4.47. The number of aromatic nitrogens is 2. The summed E-state index contributed by atoms with van der Waals surface area (Å²) in [5.74, 6) is 1.77. The molecule has 2 heterocycles. The van der Waals surface area contributed by atoms with Gasteiger partial charge in [0.2, 0.25) is 0 Å². The SMILES string of the molecule is CC(C)(C)Nc1nc(C2CCOc3ccccc32)no1. The quantitative estimate of drug-likeness (QED) is 0.910. The third-order valence-corrected chi connectivity index (χ3v) is 3.19. The molecular weight excluding hydrogens is 254 g/mol. The molecule has 1 N–H and O–H groups in total. The van der Waals surface area contributed by atoms with Crippen molar-refractivity contribution in [3.05, 3.63) is 35.7 Å². The molecule has 1 unspecified atom stereocenters. The minimum absolute atomic E-state index is 0.0998. The van der Waals surface area contributed by atoms with Crippen molar-refractivity contribution in [1.82, 2.24) is 10.1 Å².